The highest BCUT2D eigenvalue weighted by molar-refractivity contribution is 5.71. The zero-order valence-corrected chi connectivity index (χ0v) is 51.7. The van der Waals surface area contributed by atoms with Crippen LogP contribution in [0.3, 0.4) is 0 Å². The first-order chi connectivity index (χ1) is 38.5. The molecule has 0 bridgehead atoms. The largest absolute Gasteiger partial charge is 0.462 e. The van der Waals surface area contributed by atoms with Gasteiger partial charge in [0.05, 0.1) is 0 Å². The maximum absolute atomic E-state index is 12.9. The molecule has 0 aliphatic rings. The molecule has 78 heavy (non-hydrogen) atoms. The van der Waals surface area contributed by atoms with Gasteiger partial charge in [-0.3, -0.25) is 14.4 Å². The van der Waals surface area contributed by atoms with Crippen molar-refractivity contribution >= 4 is 17.9 Å². The Morgan fingerprint density at radius 1 is 0.269 bits per heavy atom. The van der Waals surface area contributed by atoms with Crippen LogP contribution in [0.1, 0.15) is 335 Å². The van der Waals surface area contributed by atoms with Gasteiger partial charge in [0, 0.05) is 19.3 Å². The second-order valence-electron chi connectivity index (χ2n) is 22.4. The fraction of sp³-hybridized carbons (Fsp3) is 0.764. The maximum atomic E-state index is 12.9. The van der Waals surface area contributed by atoms with Crippen LogP contribution < -0.4 is 0 Å². The molecule has 0 saturated carbocycles. The van der Waals surface area contributed by atoms with Gasteiger partial charge in [0.15, 0.2) is 6.10 Å². The molecule has 0 aromatic heterocycles. The molecule has 0 amide bonds. The molecule has 1 atom stereocenters. The summed E-state index contributed by atoms with van der Waals surface area (Å²) in [5, 5.41) is 0. The Balaban J connectivity index is 4.31. The Morgan fingerprint density at radius 2 is 0.500 bits per heavy atom. The minimum absolute atomic E-state index is 0.0801. The molecule has 0 aromatic carbocycles. The first-order valence-electron chi connectivity index (χ1n) is 33.6. The molecule has 0 N–H and O–H groups in total. The molecular formula is C72H126O6. The lowest BCUT2D eigenvalue weighted by Gasteiger charge is -2.18. The smallest absolute Gasteiger partial charge is 0.306 e. The highest BCUT2D eigenvalue weighted by Crippen LogP contribution is 2.17. The van der Waals surface area contributed by atoms with Crippen LogP contribution in [-0.2, 0) is 28.6 Å². The van der Waals surface area contributed by atoms with Gasteiger partial charge in [-0.25, -0.2) is 0 Å². The SMILES string of the molecule is CC/C=C\C/C=C\C/C=C\C/C=C\C/C=C\C/C=C\CCCCCCCCCCC(=O)OCC(COC(=O)CCCCCCC/C=C\CCCCCC)OC(=O)CCCCCCCCCCCCCCCCCCCCCC. The predicted molar refractivity (Wildman–Crippen MR) is 339 cm³/mol. The van der Waals surface area contributed by atoms with Crippen LogP contribution in [0, 0.1) is 0 Å². The molecule has 0 radical (unpaired) electrons. The van der Waals surface area contributed by atoms with E-state index in [1.165, 1.54) is 186 Å². The topological polar surface area (TPSA) is 78.9 Å². The Morgan fingerprint density at radius 3 is 0.808 bits per heavy atom. The van der Waals surface area contributed by atoms with Gasteiger partial charge in [-0.15, -0.1) is 0 Å². The van der Waals surface area contributed by atoms with Crippen molar-refractivity contribution in [2.45, 2.75) is 341 Å². The number of esters is 3. The molecule has 0 aliphatic carbocycles. The molecular weight excluding hydrogens is 961 g/mol. The second-order valence-corrected chi connectivity index (χ2v) is 22.4. The predicted octanol–water partition coefficient (Wildman–Crippen LogP) is 23.1. The minimum Gasteiger partial charge on any atom is -0.462 e. The highest BCUT2D eigenvalue weighted by Gasteiger charge is 2.19. The number of carbonyl (C=O) groups is 3. The van der Waals surface area contributed by atoms with Gasteiger partial charge in [-0.1, -0.05) is 305 Å². The van der Waals surface area contributed by atoms with E-state index in [1.54, 1.807) is 0 Å². The fourth-order valence-electron chi connectivity index (χ4n) is 9.62. The summed E-state index contributed by atoms with van der Waals surface area (Å²) < 4.78 is 16.9. The molecule has 0 saturated heterocycles. The summed E-state index contributed by atoms with van der Waals surface area (Å²) in [5.41, 5.74) is 0. The lowest BCUT2D eigenvalue weighted by atomic mass is 10.0. The van der Waals surface area contributed by atoms with Crippen molar-refractivity contribution in [3.8, 4) is 0 Å². The second kappa shape index (κ2) is 66.1. The maximum Gasteiger partial charge on any atom is 0.306 e. The van der Waals surface area contributed by atoms with Gasteiger partial charge >= 0.3 is 17.9 Å². The average Bonchev–Trinajstić information content (AvgIpc) is 3.44. The van der Waals surface area contributed by atoms with Crippen molar-refractivity contribution in [2.24, 2.45) is 0 Å². The van der Waals surface area contributed by atoms with Gasteiger partial charge in [0.1, 0.15) is 13.2 Å². The number of carbonyl (C=O) groups excluding carboxylic acids is 3. The average molecular weight is 1090 g/mol. The number of unbranched alkanes of at least 4 members (excludes halogenated alkanes) is 36. The molecule has 0 spiro atoms. The van der Waals surface area contributed by atoms with Crippen molar-refractivity contribution in [3.63, 3.8) is 0 Å². The monoisotopic (exact) mass is 1090 g/mol. The number of ether oxygens (including phenoxy) is 3. The Kier molecular flexibility index (Phi) is 63.2. The molecule has 0 rings (SSSR count). The third-order valence-electron chi connectivity index (χ3n) is 14.6. The highest BCUT2D eigenvalue weighted by atomic mass is 16.6. The van der Waals surface area contributed by atoms with E-state index in [0.29, 0.717) is 19.3 Å². The van der Waals surface area contributed by atoms with Crippen LogP contribution in [0.25, 0.3) is 0 Å². The summed E-state index contributed by atoms with van der Waals surface area (Å²) in [6.07, 6.45) is 87.4. The lowest BCUT2D eigenvalue weighted by Crippen LogP contribution is -2.30. The molecule has 1 unspecified atom stereocenters. The molecule has 6 heteroatoms. The summed E-state index contributed by atoms with van der Waals surface area (Å²) in [7, 11) is 0. The zero-order chi connectivity index (χ0) is 56.4. The number of allylic oxidation sites excluding steroid dienone is 14. The molecule has 6 nitrogen and oxygen atoms in total. The van der Waals surface area contributed by atoms with E-state index in [0.717, 1.165) is 109 Å². The van der Waals surface area contributed by atoms with Gasteiger partial charge in [-0.2, -0.15) is 0 Å². The van der Waals surface area contributed by atoms with Crippen LogP contribution in [-0.4, -0.2) is 37.2 Å². The molecule has 0 heterocycles. The quantitative estimate of drug-likeness (QED) is 0.0261. The summed E-state index contributed by atoms with van der Waals surface area (Å²) in [6, 6.07) is 0. The van der Waals surface area contributed by atoms with E-state index in [2.05, 4.69) is 106 Å². The zero-order valence-electron chi connectivity index (χ0n) is 51.7. The van der Waals surface area contributed by atoms with Crippen LogP contribution >= 0.6 is 0 Å². The molecule has 0 fully saturated rings. The van der Waals surface area contributed by atoms with Gasteiger partial charge < -0.3 is 14.2 Å². The number of hydrogen-bond donors (Lipinski definition) is 0. The third-order valence-corrected chi connectivity index (χ3v) is 14.6. The fourth-order valence-corrected chi connectivity index (χ4v) is 9.62. The Bertz CT molecular complexity index is 1480. The lowest BCUT2D eigenvalue weighted by molar-refractivity contribution is -0.167. The summed E-state index contributed by atoms with van der Waals surface area (Å²) in [5.74, 6) is -0.879. The molecule has 0 aliphatic heterocycles. The first kappa shape index (κ1) is 74.6. The van der Waals surface area contributed by atoms with Crippen LogP contribution in [0.15, 0.2) is 85.1 Å². The van der Waals surface area contributed by atoms with Crippen molar-refractivity contribution in [2.75, 3.05) is 13.2 Å². The van der Waals surface area contributed by atoms with Crippen molar-refractivity contribution in [1.82, 2.24) is 0 Å². The normalized spacial score (nSPS) is 12.6. The van der Waals surface area contributed by atoms with Crippen LogP contribution in [0.4, 0.5) is 0 Å². The summed E-state index contributed by atoms with van der Waals surface area (Å²) >= 11 is 0. The number of hydrogen-bond acceptors (Lipinski definition) is 6. The molecule has 450 valence electrons. The standard InChI is InChI=1S/C72H126O6/c1-4-7-10-13-16-19-22-25-27-29-31-33-34-35-36-37-38-39-41-42-44-47-50-53-56-59-62-65-71(74)77-68-69(67-76-70(73)64-61-58-55-52-49-46-24-21-18-15-12-9-6-3)78-72(75)66-63-60-57-54-51-48-45-43-40-32-30-28-26-23-20-17-14-11-8-5-2/h7,10,16,19,21,24-25,27,31,33,35-36,38-39,69H,4-6,8-9,11-15,17-18,20,22-23,26,28-30,32,34,37,40-68H2,1-3H3/b10-7-,19-16-,24-21-,27-25-,33-31-,36-35-,39-38-. The van der Waals surface area contributed by atoms with E-state index in [-0.39, 0.29) is 31.1 Å². The van der Waals surface area contributed by atoms with Gasteiger partial charge in [0.25, 0.3) is 0 Å². The van der Waals surface area contributed by atoms with Crippen molar-refractivity contribution in [1.29, 1.82) is 0 Å². The van der Waals surface area contributed by atoms with E-state index < -0.39 is 6.10 Å². The van der Waals surface area contributed by atoms with E-state index in [1.807, 2.05) is 0 Å². The third kappa shape index (κ3) is 63.4. The Labute approximate surface area is 484 Å². The van der Waals surface area contributed by atoms with Crippen molar-refractivity contribution < 1.29 is 28.6 Å². The first-order valence-corrected chi connectivity index (χ1v) is 33.6. The Hall–Kier alpha value is -3.41. The minimum atomic E-state index is -0.783. The van der Waals surface area contributed by atoms with Crippen molar-refractivity contribution in [3.05, 3.63) is 85.1 Å². The van der Waals surface area contributed by atoms with E-state index in [4.69, 9.17) is 14.2 Å². The summed E-state index contributed by atoms with van der Waals surface area (Å²) in [6.45, 7) is 6.54. The van der Waals surface area contributed by atoms with Crippen LogP contribution in [0.2, 0.25) is 0 Å². The van der Waals surface area contributed by atoms with Gasteiger partial charge in [0.2, 0.25) is 0 Å². The van der Waals surface area contributed by atoms with E-state index in [9.17, 15) is 14.4 Å². The van der Waals surface area contributed by atoms with Gasteiger partial charge in [-0.05, 0) is 96.3 Å². The van der Waals surface area contributed by atoms with E-state index >= 15 is 0 Å². The summed E-state index contributed by atoms with van der Waals surface area (Å²) in [4.78, 5) is 38.4. The van der Waals surface area contributed by atoms with Crippen LogP contribution in [0.5, 0.6) is 0 Å². The molecule has 0 aromatic rings. The number of rotatable bonds is 61.